The summed E-state index contributed by atoms with van der Waals surface area (Å²) in [5.41, 5.74) is 5.35. The second-order valence-electron chi connectivity index (χ2n) is 10.0. The van der Waals surface area contributed by atoms with Crippen LogP contribution in [-0.2, 0) is 23.9 Å². The molecule has 1 aliphatic heterocycles. The summed E-state index contributed by atoms with van der Waals surface area (Å²) in [6, 6.07) is 29.6. The third-order valence-corrected chi connectivity index (χ3v) is 8.25. The summed E-state index contributed by atoms with van der Waals surface area (Å²) >= 11 is 6.29. The van der Waals surface area contributed by atoms with E-state index in [0.29, 0.717) is 27.6 Å². The lowest BCUT2D eigenvalue weighted by Crippen LogP contribution is -2.17. The molecule has 5 aromatic rings. The number of benzene rings is 4. The first-order chi connectivity index (χ1) is 20.7. The van der Waals surface area contributed by atoms with Crippen LogP contribution in [0, 0.1) is 0 Å². The number of nitrogens with one attached hydrogen (secondary N) is 2. The number of rotatable bonds is 7. The molecule has 1 aliphatic rings. The maximum Gasteiger partial charge on any atom is 0.418 e. The number of thioether (sulfide) groups is 1. The highest BCUT2D eigenvalue weighted by Gasteiger charge is 2.33. The molecule has 0 radical (unpaired) electrons. The Kier molecular flexibility index (Phi) is 8.01. The largest absolute Gasteiger partial charge is 0.418 e. The predicted molar refractivity (Wildman–Crippen MR) is 172 cm³/mol. The topological polar surface area (TPSA) is 54.0 Å². The first kappa shape index (κ1) is 28.6. The zero-order valence-corrected chi connectivity index (χ0v) is 24.2. The predicted octanol–water partition coefficient (Wildman–Crippen LogP) is 8.61. The van der Waals surface area contributed by atoms with Crippen molar-refractivity contribution in [1.82, 2.24) is 10.3 Å². The van der Waals surface area contributed by atoms with Gasteiger partial charge in [0.1, 0.15) is 4.32 Å². The Morgan fingerprint density at radius 2 is 1.67 bits per heavy atom. The molecule has 1 fully saturated rings. The molecule has 0 aliphatic carbocycles. The van der Waals surface area contributed by atoms with Gasteiger partial charge in [-0.15, -0.1) is 0 Å². The molecule has 0 spiro atoms. The summed E-state index contributed by atoms with van der Waals surface area (Å²) in [7, 11) is 0. The van der Waals surface area contributed by atoms with Crippen molar-refractivity contribution >= 4 is 56.9 Å². The van der Waals surface area contributed by atoms with E-state index in [1.807, 2.05) is 78.9 Å². The van der Waals surface area contributed by atoms with Crippen LogP contribution in [0.3, 0.4) is 0 Å². The van der Waals surface area contributed by atoms with E-state index < -0.39 is 11.7 Å². The molecule has 2 N–H and O–H groups in total. The van der Waals surface area contributed by atoms with Gasteiger partial charge in [0.2, 0.25) is 0 Å². The highest BCUT2D eigenvalue weighted by Crippen LogP contribution is 2.39. The van der Waals surface area contributed by atoms with Crippen molar-refractivity contribution < 1.29 is 18.0 Å². The minimum Gasteiger partial charge on any atom is -0.381 e. The molecule has 214 valence electrons. The fourth-order valence-corrected chi connectivity index (χ4v) is 6.12. The SMILES string of the molecule is O=C1NC(=S)S/C1=C\c1ccc(CNc2cccc(-c3c(Cc4ccccc4)cnc4c(C(F)(F)F)cccc34)c2)cc1. The summed E-state index contributed by atoms with van der Waals surface area (Å²) in [5.74, 6) is -0.191. The van der Waals surface area contributed by atoms with Crippen molar-refractivity contribution in [2.75, 3.05) is 5.32 Å². The Bertz CT molecular complexity index is 1870. The molecule has 9 heteroatoms. The molecule has 2 heterocycles. The second kappa shape index (κ2) is 12.0. The van der Waals surface area contributed by atoms with Crippen LogP contribution in [0.5, 0.6) is 0 Å². The van der Waals surface area contributed by atoms with Crippen LogP contribution in [0.25, 0.3) is 28.1 Å². The highest BCUT2D eigenvalue weighted by molar-refractivity contribution is 8.26. The maximum absolute atomic E-state index is 13.9. The number of anilines is 1. The number of para-hydroxylation sites is 1. The fraction of sp³-hybridized carbons (Fsp3) is 0.0882. The number of carbonyl (C=O) groups is 1. The third-order valence-electron chi connectivity index (χ3n) is 7.09. The molecule has 4 aromatic carbocycles. The zero-order valence-electron chi connectivity index (χ0n) is 22.6. The summed E-state index contributed by atoms with van der Waals surface area (Å²) < 4.78 is 42.2. The van der Waals surface area contributed by atoms with Crippen molar-refractivity contribution in [2.45, 2.75) is 19.1 Å². The van der Waals surface area contributed by atoms with E-state index in [1.54, 1.807) is 18.3 Å². The van der Waals surface area contributed by atoms with Gasteiger partial charge in [0.25, 0.3) is 5.91 Å². The van der Waals surface area contributed by atoms with Gasteiger partial charge >= 0.3 is 6.18 Å². The van der Waals surface area contributed by atoms with E-state index in [2.05, 4.69) is 15.6 Å². The van der Waals surface area contributed by atoms with Crippen LogP contribution in [0.4, 0.5) is 18.9 Å². The number of hydrogen-bond donors (Lipinski definition) is 2. The zero-order chi connectivity index (χ0) is 30.0. The molecule has 43 heavy (non-hydrogen) atoms. The molecule has 6 rings (SSSR count). The molecule has 0 bridgehead atoms. The number of pyridine rings is 1. The van der Waals surface area contributed by atoms with Crippen LogP contribution in [0.2, 0.25) is 0 Å². The molecule has 1 saturated heterocycles. The lowest BCUT2D eigenvalue weighted by Gasteiger charge is -2.17. The number of alkyl halides is 3. The Hall–Kier alpha value is -4.47. The lowest BCUT2D eigenvalue weighted by molar-refractivity contribution is -0.136. The van der Waals surface area contributed by atoms with Crippen molar-refractivity contribution in [3.8, 4) is 11.1 Å². The molecular weight excluding hydrogens is 588 g/mol. The Balaban J connectivity index is 1.30. The van der Waals surface area contributed by atoms with Gasteiger partial charge in [-0.2, -0.15) is 13.2 Å². The fourth-order valence-electron chi connectivity index (χ4n) is 5.08. The first-order valence-electron chi connectivity index (χ1n) is 13.4. The monoisotopic (exact) mass is 611 g/mol. The quantitative estimate of drug-likeness (QED) is 0.143. The average Bonchev–Trinajstić information content (AvgIpc) is 3.32. The molecule has 0 atom stereocenters. The summed E-state index contributed by atoms with van der Waals surface area (Å²) in [4.78, 5) is 16.8. The van der Waals surface area contributed by atoms with Gasteiger partial charge in [0, 0.05) is 23.8 Å². The van der Waals surface area contributed by atoms with E-state index in [-0.39, 0.29) is 11.4 Å². The standard InChI is InChI=1S/C34H24F3N3OS2/c35-34(36,37)28-11-5-10-27-30(25(20-39-31(27)28)16-21-6-2-1-3-7-21)24-8-4-9-26(18-24)38-19-23-14-12-22(13-15-23)17-29-32(41)40-33(42)43-29/h1-15,17-18,20,38H,16,19H2,(H,40,41,42)/b29-17-. The average molecular weight is 612 g/mol. The number of halogens is 3. The highest BCUT2D eigenvalue weighted by atomic mass is 32.2. The maximum atomic E-state index is 13.9. The van der Waals surface area contributed by atoms with Crippen LogP contribution in [-0.4, -0.2) is 15.2 Å². The molecule has 4 nitrogen and oxygen atoms in total. The van der Waals surface area contributed by atoms with Crippen molar-refractivity contribution in [2.24, 2.45) is 0 Å². The Labute approximate surface area is 256 Å². The van der Waals surface area contributed by atoms with E-state index in [0.717, 1.165) is 45.1 Å². The molecule has 0 unspecified atom stereocenters. The smallest absolute Gasteiger partial charge is 0.381 e. The van der Waals surface area contributed by atoms with Crippen LogP contribution < -0.4 is 10.6 Å². The molecular formula is C34H24F3N3OS2. The van der Waals surface area contributed by atoms with Crippen molar-refractivity contribution in [1.29, 1.82) is 0 Å². The van der Waals surface area contributed by atoms with Gasteiger partial charge in [-0.05, 0) is 64.1 Å². The van der Waals surface area contributed by atoms with Gasteiger partial charge in [-0.3, -0.25) is 9.78 Å². The minimum absolute atomic E-state index is 0.0643. The Morgan fingerprint density at radius 1 is 0.907 bits per heavy atom. The van der Waals surface area contributed by atoms with Crippen molar-refractivity contribution in [3.63, 3.8) is 0 Å². The van der Waals surface area contributed by atoms with Crippen LogP contribution in [0.15, 0.2) is 108 Å². The van der Waals surface area contributed by atoms with Gasteiger partial charge in [-0.25, -0.2) is 0 Å². The van der Waals surface area contributed by atoms with Crippen molar-refractivity contribution in [3.05, 3.63) is 136 Å². The third kappa shape index (κ3) is 6.48. The van der Waals surface area contributed by atoms with Crippen LogP contribution >= 0.6 is 24.0 Å². The van der Waals surface area contributed by atoms with Gasteiger partial charge in [-0.1, -0.05) is 103 Å². The van der Waals surface area contributed by atoms with Crippen LogP contribution in [0.1, 0.15) is 27.8 Å². The van der Waals surface area contributed by atoms with E-state index >= 15 is 0 Å². The number of carbonyl (C=O) groups excluding carboxylic acids is 1. The minimum atomic E-state index is -4.52. The number of aromatic nitrogens is 1. The summed E-state index contributed by atoms with van der Waals surface area (Å²) in [5, 5.41) is 6.50. The van der Waals surface area contributed by atoms with Gasteiger partial charge in [0.05, 0.1) is 16.0 Å². The summed E-state index contributed by atoms with van der Waals surface area (Å²) in [6.45, 7) is 0.534. The second-order valence-corrected chi connectivity index (χ2v) is 11.8. The van der Waals surface area contributed by atoms with Gasteiger partial charge in [0.15, 0.2) is 0 Å². The van der Waals surface area contributed by atoms with E-state index in [9.17, 15) is 18.0 Å². The number of nitrogens with zero attached hydrogens (tertiary/aromatic N) is 1. The molecule has 0 saturated carbocycles. The Morgan fingerprint density at radius 3 is 2.40 bits per heavy atom. The number of hydrogen-bond acceptors (Lipinski definition) is 5. The van der Waals surface area contributed by atoms with Gasteiger partial charge < -0.3 is 10.6 Å². The lowest BCUT2D eigenvalue weighted by atomic mass is 9.91. The van der Waals surface area contributed by atoms with E-state index in [4.69, 9.17) is 12.2 Å². The number of amides is 1. The summed E-state index contributed by atoms with van der Waals surface area (Å²) in [6.07, 6.45) is -0.620. The number of fused-ring (bicyclic) bond motifs is 1. The number of thiocarbonyl (C=S) groups is 1. The first-order valence-corrected chi connectivity index (χ1v) is 14.7. The normalized spacial score (nSPS) is 14.3. The molecule has 1 aromatic heterocycles. The molecule has 1 amide bonds. The van der Waals surface area contributed by atoms with E-state index in [1.165, 1.54) is 17.8 Å².